The number of Topliss-reactive ketones (excluding diaryl/α,β-unsaturated/α-hetero) is 1. The van der Waals surface area contributed by atoms with Gasteiger partial charge in [0.1, 0.15) is 17.6 Å². The lowest BCUT2D eigenvalue weighted by Crippen LogP contribution is -2.35. The van der Waals surface area contributed by atoms with E-state index in [4.69, 9.17) is 16.3 Å². The molecule has 3 aromatic carbocycles. The first-order chi connectivity index (χ1) is 17.4. The highest BCUT2D eigenvalue weighted by atomic mass is 35.5. The Bertz CT molecular complexity index is 1360. The summed E-state index contributed by atoms with van der Waals surface area (Å²) in [4.78, 5) is 15.3. The molecule has 2 heterocycles. The molecule has 4 aromatic rings. The predicted molar refractivity (Wildman–Crippen MR) is 146 cm³/mol. The molecule has 5 nitrogen and oxygen atoms in total. The van der Waals surface area contributed by atoms with E-state index >= 15 is 0 Å². The first-order valence-corrected chi connectivity index (χ1v) is 12.9. The van der Waals surface area contributed by atoms with Gasteiger partial charge in [-0.25, -0.2) is 0 Å². The zero-order chi connectivity index (χ0) is 25.2. The first kappa shape index (κ1) is 24.5. The van der Waals surface area contributed by atoms with Crippen LogP contribution in [0.25, 0.3) is 22.2 Å². The Balaban J connectivity index is 1.30. The number of fused-ring (bicyclic) bond motifs is 1. The maximum absolute atomic E-state index is 12.9. The quantitative estimate of drug-likeness (QED) is 0.321. The van der Waals surface area contributed by atoms with E-state index in [1.54, 1.807) is 0 Å². The van der Waals surface area contributed by atoms with Crippen LogP contribution in [0.1, 0.15) is 35.1 Å². The molecule has 6 heteroatoms. The van der Waals surface area contributed by atoms with Crippen molar-refractivity contribution in [2.75, 3.05) is 20.1 Å². The Labute approximate surface area is 217 Å². The number of ketones is 1. The topological polar surface area (TPSA) is 58.2 Å². The molecule has 0 aliphatic carbocycles. The van der Waals surface area contributed by atoms with Crippen molar-refractivity contribution in [2.24, 2.45) is 0 Å². The molecule has 1 N–H and O–H groups in total. The first-order valence-electron chi connectivity index (χ1n) is 12.6. The van der Waals surface area contributed by atoms with Gasteiger partial charge in [-0.15, -0.1) is 0 Å². The molecule has 1 aliphatic heterocycles. The Kier molecular flexibility index (Phi) is 7.13. The van der Waals surface area contributed by atoms with Crippen LogP contribution in [0, 0.1) is 13.8 Å². The molecule has 0 amide bonds. The number of aryl methyl sites for hydroxylation is 2. The molecular weight excluding hydrogens is 470 g/mol. The van der Waals surface area contributed by atoms with Gasteiger partial charge in [-0.2, -0.15) is 5.10 Å². The van der Waals surface area contributed by atoms with Crippen LogP contribution in [-0.4, -0.2) is 47.1 Å². The third-order valence-corrected chi connectivity index (χ3v) is 7.40. The summed E-state index contributed by atoms with van der Waals surface area (Å²) < 4.78 is 6.20. The van der Waals surface area contributed by atoms with E-state index < -0.39 is 0 Å². The maximum atomic E-state index is 12.9. The minimum atomic E-state index is 0.142. The van der Waals surface area contributed by atoms with Crippen molar-refractivity contribution >= 4 is 28.3 Å². The number of nitrogens with one attached hydrogen (secondary N) is 1. The second kappa shape index (κ2) is 10.5. The molecule has 0 unspecified atom stereocenters. The van der Waals surface area contributed by atoms with Crippen molar-refractivity contribution in [3.05, 3.63) is 81.9 Å². The van der Waals surface area contributed by atoms with Crippen molar-refractivity contribution in [3.63, 3.8) is 0 Å². The van der Waals surface area contributed by atoms with Crippen molar-refractivity contribution in [3.8, 4) is 17.0 Å². The highest BCUT2D eigenvalue weighted by Gasteiger charge is 2.18. The van der Waals surface area contributed by atoms with Crippen LogP contribution in [0.15, 0.2) is 54.6 Å². The molecule has 1 aromatic heterocycles. The molecule has 0 radical (unpaired) electrons. The van der Waals surface area contributed by atoms with Gasteiger partial charge in [-0.3, -0.25) is 9.89 Å². The Morgan fingerprint density at radius 2 is 1.81 bits per heavy atom. The molecule has 0 saturated carbocycles. The number of nitrogens with zero attached hydrogens (tertiary/aromatic N) is 2. The van der Waals surface area contributed by atoms with E-state index in [-0.39, 0.29) is 11.9 Å². The van der Waals surface area contributed by atoms with Gasteiger partial charge in [0, 0.05) is 41.9 Å². The molecule has 1 fully saturated rings. The van der Waals surface area contributed by atoms with Crippen LogP contribution in [0.4, 0.5) is 0 Å². The van der Waals surface area contributed by atoms with Crippen molar-refractivity contribution in [1.29, 1.82) is 0 Å². The van der Waals surface area contributed by atoms with Crippen molar-refractivity contribution in [1.82, 2.24) is 15.1 Å². The number of hydrogen-bond acceptors (Lipinski definition) is 4. The summed E-state index contributed by atoms with van der Waals surface area (Å²) in [5, 5.41) is 9.36. The van der Waals surface area contributed by atoms with Crippen LogP contribution in [0.5, 0.6) is 5.75 Å². The van der Waals surface area contributed by atoms with Crippen LogP contribution in [0.3, 0.4) is 0 Å². The molecule has 0 bridgehead atoms. The van der Waals surface area contributed by atoms with Gasteiger partial charge in [0.15, 0.2) is 0 Å². The number of rotatable bonds is 7. The van der Waals surface area contributed by atoms with Crippen LogP contribution < -0.4 is 4.74 Å². The largest absolute Gasteiger partial charge is 0.490 e. The zero-order valence-electron chi connectivity index (χ0n) is 21.1. The van der Waals surface area contributed by atoms with Gasteiger partial charge in [0.25, 0.3) is 0 Å². The number of piperidine rings is 1. The highest BCUT2D eigenvalue weighted by molar-refractivity contribution is 6.31. The van der Waals surface area contributed by atoms with Gasteiger partial charge in [0.2, 0.25) is 0 Å². The summed E-state index contributed by atoms with van der Waals surface area (Å²) >= 11 is 6.43. The number of hydrogen-bond donors (Lipinski definition) is 1. The second-order valence-electron chi connectivity index (χ2n) is 10.0. The predicted octanol–water partition coefficient (Wildman–Crippen LogP) is 6.33. The highest BCUT2D eigenvalue weighted by Crippen LogP contribution is 2.30. The standard InChI is InChI=1S/C30H32ClN3O2/c1-19-14-20(2)26(28(31)15-19)18-23(35)16-21-4-9-29-27(17-21)30(33-32-29)22-5-7-24(8-6-22)36-25-10-12-34(3)13-11-25/h4-9,14-15,17,25H,10-13,16,18H2,1-3H3,(H,32,33). The number of likely N-dealkylation sites (tertiary alicyclic amines) is 1. The molecule has 1 saturated heterocycles. The van der Waals surface area contributed by atoms with E-state index in [2.05, 4.69) is 46.4 Å². The summed E-state index contributed by atoms with van der Waals surface area (Å²) in [6.07, 6.45) is 3.07. The number of aromatic nitrogens is 2. The van der Waals surface area contributed by atoms with Crippen LogP contribution in [0.2, 0.25) is 5.02 Å². The van der Waals surface area contributed by atoms with Gasteiger partial charge >= 0.3 is 0 Å². The molecule has 0 spiro atoms. The van der Waals surface area contributed by atoms with Gasteiger partial charge < -0.3 is 9.64 Å². The number of benzene rings is 3. The minimum Gasteiger partial charge on any atom is -0.490 e. The molecule has 186 valence electrons. The Morgan fingerprint density at radius 3 is 2.53 bits per heavy atom. The fourth-order valence-electron chi connectivity index (χ4n) is 5.03. The van der Waals surface area contributed by atoms with Gasteiger partial charge in [-0.05, 0) is 98.5 Å². The monoisotopic (exact) mass is 501 g/mol. The normalized spacial score (nSPS) is 14.9. The summed E-state index contributed by atoms with van der Waals surface area (Å²) in [6, 6.07) is 18.2. The molecule has 1 aliphatic rings. The van der Waals surface area contributed by atoms with Crippen molar-refractivity contribution < 1.29 is 9.53 Å². The van der Waals surface area contributed by atoms with E-state index in [0.717, 1.165) is 76.1 Å². The zero-order valence-corrected chi connectivity index (χ0v) is 21.9. The maximum Gasteiger partial charge on any atom is 0.141 e. The third-order valence-electron chi connectivity index (χ3n) is 7.06. The summed E-state index contributed by atoms with van der Waals surface area (Å²) in [7, 11) is 2.15. The average Bonchev–Trinajstić information content (AvgIpc) is 3.27. The number of carbonyl (C=O) groups excluding carboxylic acids is 1. The summed E-state index contributed by atoms with van der Waals surface area (Å²) in [5.41, 5.74) is 6.89. The van der Waals surface area contributed by atoms with E-state index in [0.29, 0.717) is 17.9 Å². The van der Waals surface area contributed by atoms with E-state index in [1.165, 1.54) is 0 Å². The number of carbonyl (C=O) groups is 1. The number of aromatic amines is 1. The average molecular weight is 502 g/mol. The molecule has 36 heavy (non-hydrogen) atoms. The van der Waals surface area contributed by atoms with Crippen LogP contribution in [-0.2, 0) is 17.6 Å². The number of H-pyrrole nitrogens is 1. The second-order valence-corrected chi connectivity index (χ2v) is 10.4. The van der Waals surface area contributed by atoms with Crippen LogP contribution >= 0.6 is 11.6 Å². The fourth-order valence-corrected chi connectivity index (χ4v) is 5.42. The number of ether oxygens (including phenoxy) is 1. The van der Waals surface area contributed by atoms with Gasteiger partial charge in [0.05, 0.1) is 11.2 Å². The number of halogens is 1. The lowest BCUT2D eigenvalue weighted by molar-refractivity contribution is -0.117. The smallest absolute Gasteiger partial charge is 0.141 e. The van der Waals surface area contributed by atoms with E-state index in [9.17, 15) is 4.79 Å². The third kappa shape index (κ3) is 5.48. The van der Waals surface area contributed by atoms with Gasteiger partial charge in [-0.1, -0.05) is 23.7 Å². The lowest BCUT2D eigenvalue weighted by Gasteiger charge is -2.29. The summed E-state index contributed by atoms with van der Waals surface area (Å²) in [6.45, 7) is 6.17. The Hall–Kier alpha value is -3.15. The molecule has 5 rings (SSSR count). The Morgan fingerprint density at radius 1 is 1.06 bits per heavy atom. The molecular formula is C30H32ClN3O2. The molecule has 0 atom stereocenters. The SMILES string of the molecule is Cc1cc(C)c(CC(=O)Cc2ccc3[nH]nc(-c4ccc(OC5CCN(C)CC5)cc4)c3c2)c(Cl)c1. The summed E-state index contributed by atoms with van der Waals surface area (Å²) in [5.74, 6) is 1.04. The fraction of sp³-hybridized carbons (Fsp3) is 0.333. The van der Waals surface area contributed by atoms with E-state index in [1.807, 2.05) is 44.2 Å². The minimum absolute atomic E-state index is 0.142. The lowest BCUT2D eigenvalue weighted by atomic mass is 9.97. The van der Waals surface area contributed by atoms with Crippen molar-refractivity contribution in [2.45, 2.75) is 45.6 Å².